The van der Waals surface area contributed by atoms with Gasteiger partial charge in [0.05, 0.1) is 19.6 Å². The lowest BCUT2D eigenvalue weighted by molar-refractivity contribution is -0.136. The number of hydrogen-bond donors (Lipinski definition) is 2. The second-order valence-electron chi connectivity index (χ2n) is 4.85. The van der Waals surface area contributed by atoms with Gasteiger partial charge in [0.2, 0.25) is 0 Å². The van der Waals surface area contributed by atoms with Gasteiger partial charge in [-0.3, -0.25) is 4.79 Å². The van der Waals surface area contributed by atoms with Crippen molar-refractivity contribution in [1.29, 1.82) is 0 Å². The van der Waals surface area contributed by atoms with Crippen molar-refractivity contribution in [2.24, 2.45) is 0 Å². The molecule has 0 aliphatic carbocycles. The van der Waals surface area contributed by atoms with Crippen molar-refractivity contribution in [3.05, 3.63) is 34.6 Å². The van der Waals surface area contributed by atoms with Crippen LogP contribution in [0.1, 0.15) is 18.1 Å². The first-order valence-corrected chi connectivity index (χ1v) is 7.16. The Morgan fingerprint density at radius 2 is 2.27 bits per heavy atom. The molecule has 0 bridgehead atoms. The van der Waals surface area contributed by atoms with Crippen LogP contribution in [0.25, 0.3) is 0 Å². The molecule has 2 N–H and O–H groups in total. The van der Waals surface area contributed by atoms with Gasteiger partial charge in [0, 0.05) is 23.7 Å². The molecule has 2 rings (SSSR count). The lowest BCUT2D eigenvalue weighted by Crippen LogP contribution is -2.47. The van der Waals surface area contributed by atoms with E-state index in [1.54, 1.807) is 0 Å². The minimum atomic E-state index is -0.974. The van der Waals surface area contributed by atoms with Crippen LogP contribution in [-0.4, -0.2) is 48.2 Å². The number of carboxylic acid groups (broad SMARTS) is 1. The van der Waals surface area contributed by atoms with E-state index < -0.39 is 17.9 Å². The largest absolute Gasteiger partial charge is 0.481 e. The Morgan fingerprint density at radius 1 is 1.50 bits per heavy atom. The second-order valence-corrected chi connectivity index (χ2v) is 5.25. The number of amides is 2. The number of carbonyl (C=O) groups is 2. The van der Waals surface area contributed by atoms with Gasteiger partial charge in [0.25, 0.3) is 0 Å². The van der Waals surface area contributed by atoms with Crippen molar-refractivity contribution in [3.63, 3.8) is 0 Å². The van der Waals surface area contributed by atoms with Crippen LogP contribution in [-0.2, 0) is 9.53 Å². The predicted octanol–water partition coefficient (Wildman–Crippen LogP) is 2.04. The average molecular weight is 331 g/mol. The second kappa shape index (κ2) is 7.42. The molecule has 2 amide bonds. The van der Waals surface area contributed by atoms with Gasteiger partial charge in [0.1, 0.15) is 11.9 Å². The van der Waals surface area contributed by atoms with Crippen LogP contribution in [0.4, 0.5) is 9.18 Å². The van der Waals surface area contributed by atoms with Crippen LogP contribution in [0.2, 0.25) is 5.02 Å². The summed E-state index contributed by atoms with van der Waals surface area (Å²) >= 11 is 6.00. The van der Waals surface area contributed by atoms with Crippen molar-refractivity contribution >= 4 is 23.6 Å². The fourth-order valence-electron chi connectivity index (χ4n) is 2.17. The fourth-order valence-corrected chi connectivity index (χ4v) is 2.46. The molecule has 22 heavy (non-hydrogen) atoms. The molecular formula is C14H16ClFN2O4. The number of aliphatic carboxylic acids is 1. The Hall–Kier alpha value is -1.86. The summed E-state index contributed by atoms with van der Waals surface area (Å²) < 4.78 is 18.7. The summed E-state index contributed by atoms with van der Waals surface area (Å²) in [7, 11) is 0. The van der Waals surface area contributed by atoms with Crippen LogP contribution in [0.15, 0.2) is 18.2 Å². The first-order valence-electron chi connectivity index (χ1n) is 6.78. The summed E-state index contributed by atoms with van der Waals surface area (Å²) in [5.74, 6) is -1.41. The van der Waals surface area contributed by atoms with Crippen molar-refractivity contribution in [2.75, 3.05) is 26.2 Å². The molecule has 1 aliphatic heterocycles. The van der Waals surface area contributed by atoms with E-state index in [1.165, 1.54) is 23.1 Å². The van der Waals surface area contributed by atoms with E-state index in [0.29, 0.717) is 18.7 Å². The summed E-state index contributed by atoms with van der Waals surface area (Å²) in [6.07, 6.45) is -0.574. The maximum absolute atomic E-state index is 13.1. The van der Waals surface area contributed by atoms with E-state index in [4.69, 9.17) is 21.4 Å². The number of halogens is 2. The molecule has 8 heteroatoms. The Morgan fingerprint density at radius 3 is 2.95 bits per heavy atom. The Bertz CT molecular complexity index is 570. The van der Waals surface area contributed by atoms with E-state index >= 15 is 0 Å². The highest BCUT2D eigenvalue weighted by atomic mass is 35.5. The Kier molecular flexibility index (Phi) is 5.57. The molecule has 0 spiro atoms. The summed E-state index contributed by atoms with van der Waals surface area (Å²) in [4.78, 5) is 23.9. The molecule has 1 fully saturated rings. The van der Waals surface area contributed by atoms with Crippen molar-refractivity contribution in [2.45, 2.75) is 12.5 Å². The average Bonchev–Trinajstić information content (AvgIpc) is 2.47. The number of urea groups is 1. The maximum atomic E-state index is 13.1. The number of rotatable bonds is 4. The van der Waals surface area contributed by atoms with E-state index in [2.05, 4.69) is 5.32 Å². The number of carbonyl (C=O) groups excluding carboxylic acids is 1. The molecule has 120 valence electrons. The van der Waals surface area contributed by atoms with Crippen LogP contribution >= 0.6 is 11.6 Å². The van der Waals surface area contributed by atoms with E-state index in [1.807, 2.05) is 0 Å². The standard InChI is InChI=1S/C14H16ClFN2O4/c15-11-7-9(16)1-2-10(11)12-8-18(5-6-22-12)14(21)17-4-3-13(19)20/h1-2,7,12H,3-6,8H2,(H,17,21)(H,19,20). The highest BCUT2D eigenvalue weighted by Gasteiger charge is 2.26. The van der Waals surface area contributed by atoms with Crippen molar-refractivity contribution in [3.8, 4) is 0 Å². The number of morpholine rings is 1. The number of hydrogen-bond acceptors (Lipinski definition) is 3. The summed E-state index contributed by atoms with van der Waals surface area (Å²) in [5, 5.41) is 11.3. The third-order valence-corrected chi connectivity index (χ3v) is 3.61. The number of ether oxygens (including phenoxy) is 1. The monoisotopic (exact) mass is 330 g/mol. The van der Waals surface area contributed by atoms with Gasteiger partial charge in [-0.2, -0.15) is 0 Å². The van der Waals surface area contributed by atoms with Gasteiger partial charge in [-0.25, -0.2) is 9.18 Å². The van der Waals surface area contributed by atoms with Crippen LogP contribution < -0.4 is 5.32 Å². The van der Waals surface area contributed by atoms with E-state index in [9.17, 15) is 14.0 Å². The molecule has 1 unspecified atom stereocenters. The molecule has 0 radical (unpaired) electrons. The highest BCUT2D eigenvalue weighted by molar-refractivity contribution is 6.31. The quantitative estimate of drug-likeness (QED) is 0.885. The molecule has 1 saturated heterocycles. The molecular weight excluding hydrogens is 315 g/mol. The molecule has 0 saturated carbocycles. The van der Waals surface area contributed by atoms with E-state index in [0.717, 1.165) is 0 Å². The maximum Gasteiger partial charge on any atom is 0.317 e. The molecule has 1 aromatic carbocycles. The van der Waals surface area contributed by atoms with Crippen molar-refractivity contribution < 1.29 is 23.8 Å². The summed E-state index contributed by atoms with van der Waals surface area (Å²) in [6, 6.07) is 3.67. The van der Waals surface area contributed by atoms with Crippen LogP contribution in [0.5, 0.6) is 0 Å². The first kappa shape index (κ1) is 16.5. The zero-order valence-corrected chi connectivity index (χ0v) is 12.5. The number of benzene rings is 1. The number of nitrogens with zero attached hydrogens (tertiary/aromatic N) is 1. The molecule has 6 nitrogen and oxygen atoms in total. The number of nitrogens with one attached hydrogen (secondary N) is 1. The minimum absolute atomic E-state index is 0.0630. The zero-order chi connectivity index (χ0) is 16.1. The van der Waals surface area contributed by atoms with E-state index in [-0.39, 0.29) is 30.6 Å². The van der Waals surface area contributed by atoms with Crippen LogP contribution in [0, 0.1) is 5.82 Å². The van der Waals surface area contributed by atoms with Gasteiger partial charge in [-0.15, -0.1) is 0 Å². The van der Waals surface area contributed by atoms with Gasteiger partial charge >= 0.3 is 12.0 Å². The molecule has 1 aliphatic rings. The minimum Gasteiger partial charge on any atom is -0.481 e. The smallest absolute Gasteiger partial charge is 0.317 e. The molecule has 1 aromatic rings. The van der Waals surface area contributed by atoms with Gasteiger partial charge in [0.15, 0.2) is 0 Å². The molecule has 1 heterocycles. The summed E-state index contributed by atoms with van der Waals surface area (Å²) in [5.41, 5.74) is 0.617. The number of carboxylic acids is 1. The van der Waals surface area contributed by atoms with Gasteiger partial charge < -0.3 is 20.1 Å². The fraction of sp³-hybridized carbons (Fsp3) is 0.429. The molecule has 0 aromatic heterocycles. The topological polar surface area (TPSA) is 78.9 Å². The predicted molar refractivity (Wildman–Crippen MR) is 77.3 cm³/mol. The van der Waals surface area contributed by atoms with Gasteiger partial charge in [-0.05, 0) is 12.1 Å². The normalized spacial score (nSPS) is 18.1. The third-order valence-electron chi connectivity index (χ3n) is 3.28. The Balaban J connectivity index is 1.96. The first-order chi connectivity index (χ1) is 10.5. The lowest BCUT2D eigenvalue weighted by atomic mass is 10.1. The third kappa shape index (κ3) is 4.32. The van der Waals surface area contributed by atoms with Crippen LogP contribution in [0.3, 0.4) is 0 Å². The SMILES string of the molecule is O=C(O)CCNC(=O)N1CCOC(c2ccc(F)cc2Cl)C1. The van der Waals surface area contributed by atoms with Gasteiger partial charge in [-0.1, -0.05) is 17.7 Å². The summed E-state index contributed by atoms with van der Waals surface area (Å²) in [6.45, 7) is 1.05. The zero-order valence-electron chi connectivity index (χ0n) is 11.7. The lowest BCUT2D eigenvalue weighted by Gasteiger charge is -2.33. The highest BCUT2D eigenvalue weighted by Crippen LogP contribution is 2.29. The van der Waals surface area contributed by atoms with Crippen molar-refractivity contribution in [1.82, 2.24) is 10.2 Å². The Labute approximate surface area is 131 Å². The molecule has 1 atom stereocenters.